The molecule has 0 atom stereocenters. The lowest BCUT2D eigenvalue weighted by Gasteiger charge is -2.00. The summed E-state index contributed by atoms with van der Waals surface area (Å²) in [7, 11) is 0. The van der Waals surface area contributed by atoms with E-state index < -0.39 is 17.3 Å². The normalized spacial score (nSPS) is 10.0. The van der Waals surface area contributed by atoms with Crippen molar-refractivity contribution in [2.45, 2.75) is 25.7 Å². The molecule has 0 saturated carbocycles. The van der Waals surface area contributed by atoms with Gasteiger partial charge in [0, 0.05) is 18.6 Å². The summed E-state index contributed by atoms with van der Waals surface area (Å²) < 4.78 is 0. The molecule has 18 heavy (non-hydrogen) atoms. The van der Waals surface area contributed by atoms with E-state index in [-0.39, 0.29) is 17.9 Å². The van der Waals surface area contributed by atoms with Gasteiger partial charge < -0.3 is 5.11 Å². The van der Waals surface area contributed by atoms with Crippen LogP contribution in [-0.2, 0) is 16.0 Å². The highest BCUT2D eigenvalue weighted by molar-refractivity contribution is 5.94. The molecule has 0 aliphatic heterocycles. The zero-order chi connectivity index (χ0) is 13.5. The first-order chi connectivity index (χ1) is 8.49. The van der Waals surface area contributed by atoms with Crippen LogP contribution in [0.5, 0.6) is 0 Å². The van der Waals surface area contributed by atoms with Crippen LogP contribution in [0.15, 0.2) is 24.3 Å². The minimum atomic E-state index is -1.13. The Kier molecular flexibility index (Phi) is 4.98. The van der Waals surface area contributed by atoms with Gasteiger partial charge in [-0.2, -0.15) is 0 Å². The average Bonchev–Trinajstić information content (AvgIpc) is 2.28. The largest absolute Gasteiger partial charge is 0.481 e. The van der Waals surface area contributed by atoms with Crippen LogP contribution in [0.4, 0.5) is 5.69 Å². The number of ketones is 1. The molecule has 0 unspecified atom stereocenters. The Labute approximate surface area is 103 Å². The molecule has 0 fully saturated rings. The number of non-ortho nitro benzene ring substituents is 1. The molecular weight excluding hydrogens is 238 g/mol. The predicted octanol–water partition coefficient (Wildman–Crippen LogP) is 1.96. The maximum atomic E-state index is 11.1. The lowest BCUT2D eigenvalue weighted by molar-refractivity contribution is -0.384. The number of carboxylic acids is 1. The summed E-state index contributed by atoms with van der Waals surface area (Å²) >= 11 is 0. The van der Waals surface area contributed by atoms with Crippen molar-refractivity contribution in [2.75, 3.05) is 0 Å². The predicted molar refractivity (Wildman–Crippen MR) is 63.3 cm³/mol. The van der Waals surface area contributed by atoms with Gasteiger partial charge in [-0.1, -0.05) is 12.1 Å². The number of hydrogen-bond donors (Lipinski definition) is 1. The number of Topliss-reactive ketones (excluding diaryl/α,β-unsaturated/α-hetero) is 1. The van der Waals surface area contributed by atoms with Crippen LogP contribution < -0.4 is 0 Å². The third kappa shape index (κ3) is 4.73. The van der Waals surface area contributed by atoms with Gasteiger partial charge in [-0.25, -0.2) is 0 Å². The minimum absolute atomic E-state index is 0.0179. The third-order valence-corrected chi connectivity index (χ3v) is 2.39. The van der Waals surface area contributed by atoms with E-state index in [1.807, 2.05) is 0 Å². The van der Waals surface area contributed by atoms with Crippen molar-refractivity contribution in [3.63, 3.8) is 0 Å². The zero-order valence-corrected chi connectivity index (χ0v) is 9.67. The van der Waals surface area contributed by atoms with E-state index in [0.29, 0.717) is 12.8 Å². The first-order valence-corrected chi connectivity index (χ1v) is 5.46. The van der Waals surface area contributed by atoms with Crippen molar-refractivity contribution >= 4 is 17.4 Å². The van der Waals surface area contributed by atoms with E-state index in [1.165, 1.54) is 12.1 Å². The van der Waals surface area contributed by atoms with Crippen LogP contribution in [0.1, 0.15) is 24.8 Å². The number of carboxylic acid groups (broad SMARTS) is 1. The number of aliphatic carboxylic acids is 1. The van der Waals surface area contributed by atoms with Crippen molar-refractivity contribution in [1.82, 2.24) is 0 Å². The molecule has 6 nitrogen and oxygen atoms in total. The van der Waals surface area contributed by atoms with Gasteiger partial charge in [0.2, 0.25) is 0 Å². The van der Waals surface area contributed by atoms with Gasteiger partial charge >= 0.3 is 5.97 Å². The SMILES string of the molecule is O=C(O)CC(=O)CCCc1cccc([N+](=O)[O-])c1. The Morgan fingerprint density at radius 3 is 2.67 bits per heavy atom. The summed E-state index contributed by atoms with van der Waals surface area (Å²) in [6, 6.07) is 6.20. The number of nitro benzene ring substituents is 1. The van der Waals surface area contributed by atoms with E-state index in [4.69, 9.17) is 5.11 Å². The Morgan fingerprint density at radius 1 is 1.33 bits per heavy atom. The molecule has 0 spiro atoms. The fourth-order valence-electron chi connectivity index (χ4n) is 1.57. The fraction of sp³-hybridized carbons (Fsp3) is 0.333. The second kappa shape index (κ2) is 6.48. The summed E-state index contributed by atoms with van der Waals surface area (Å²) in [5, 5.41) is 18.9. The van der Waals surface area contributed by atoms with E-state index >= 15 is 0 Å². The second-order valence-electron chi connectivity index (χ2n) is 3.89. The van der Waals surface area contributed by atoms with Crippen LogP contribution in [0.2, 0.25) is 0 Å². The van der Waals surface area contributed by atoms with Gasteiger partial charge in [0.1, 0.15) is 12.2 Å². The molecule has 6 heteroatoms. The van der Waals surface area contributed by atoms with Crippen LogP contribution in [0.3, 0.4) is 0 Å². The Morgan fingerprint density at radius 2 is 2.06 bits per heavy atom. The number of carbonyl (C=O) groups excluding carboxylic acids is 1. The van der Waals surface area contributed by atoms with Crippen molar-refractivity contribution in [1.29, 1.82) is 0 Å². The quantitative estimate of drug-likeness (QED) is 0.453. The first kappa shape index (κ1) is 13.8. The number of aryl methyl sites for hydroxylation is 1. The molecule has 96 valence electrons. The number of nitrogens with zero attached hydrogens (tertiary/aromatic N) is 1. The topological polar surface area (TPSA) is 97.5 Å². The van der Waals surface area contributed by atoms with Gasteiger partial charge in [-0.3, -0.25) is 19.7 Å². The number of benzene rings is 1. The molecule has 0 radical (unpaired) electrons. The monoisotopic (exact) mass is 251 g/mol. The molecule has 0 bridgehead atoms. The molecule has 1 rings (SSSR count). The molecular formula is C12H13NO5. The zero-order valence-electron chi connectivity index (χ0n) is 9.67. The molecule has 0 amide bonds. The van der Waals surface area contributed by atoms with Crippen molar-refractivity contribution in [3.05, 3.63) is 39.9 Å². The second-order valence-corrected chi connectivity index (χ2v) is 3.89. The maximum Gasteiger partial charge on any atom is 0.310 e. The van der Waals surface area contributed by atoms with E-state index in [1.54, 1.807) is 12.1 Å². The molecule has 0 aliphatic rings. The molecule has 1 N–H and O–H groups in total. The fourth-order valence-corrected chi connectivity index (χ4v) is 1.57. The standard InChI is InChI=1S/C12H13NO5/c14-11(8-12(15)16)6-2-4-9-3-1-5-10(7-9)13(17)18/h1,3,5,7H,2,4,6,8H2,(H,15,16). The van der Waals surface area contributed by atoms with Gasteiger partial charge in [0.05, 0.1) is 4.92 Å². The smallest absolute Gasteiger partial charge is 0.310 e. The van der Waals surface area contributed by atoms with Crippen molar-refractivity contribution in [2.24, 2.45) is 0 Å². The lowest BCUT2D eigenvalue weighted by atomic mass is 10.1. The first-order valence-electron chi connectivity index (χ1n) is 5.46. The number of hydrogen-bond acceptors (Lipinski definition) is 4. The molecule has 0 heterocycles. The van der Waals surface area contributed by atoms with Gasteiger partial charge in [0.15, 0.2) is 0 Å². The van der Waals surface area contributed by atoms with Crippen LogP contribution in [-0.4, -0.2) is 21.8 Å². The Balaban J connectivity index is 2.44. The van der Waals surface area contributed by atoms with Crippen molar-refractivity contribution in [3.8, 4) is 0 Å². The molecule has 0 aromatic heterocycles. The number of carbonyl (C=O) groups is 2. The van der Waals surface area contributed by atoms with Gasteiger partial charge in [0.25, 0.3) is 5.69 Å². The van der Waals surface area contributed by atoms with Gasteiger partial charge in [-0.15, -0.1) is 0 Å². The van der Waals surface area contributed by atoms with E-state index in [9.17, 15) is 19.7 Å². The summed E-state index contributed by atoms with van der Waals surface area (Å²) in [6.45, 7) is 0. The minimum Gasteiger partial charge on any atom is -0.481 e. The highest BCUT2D eigenvalue weighted by Crippen LogP contribution is 2.15. The molecule has 0 saturated heterocycles. The highest BCUT2D eigenvalue weighted by atomic mass is 16.6. The summed E-state index contributed by atoms with van der Waals surface area (Å²) in [5.41, 5.74) is 0.789. The Hall–Kier alpha value is -2.24. The van der Waals surface area contributed by atoms with Crippen LogP contribution in [0.25, 0.3) is 0 Å². The van der Waals surface area contributed by atoms with Gasteiger partial charge in [-0.05, 0) is 18.4 Å². The van der Waals surface area contributed by atoms with E-state index in [2.05, 4.69) is 0 Å². The third-order valence-electron chi connectivity index (χ3n) is 2.39. The van der Waals surface area contributed by atoms with Crippen LogP contribution >= 0.6 is 0 Å². The average molecular weight is 251 g/mol. The molecule has 1 aromatic carbocycles. The Bertz CT molecular complexity index is 469. The highest BCUT2D eigenvalue weighted by Gasteiger charge is 2.09. The molecule has 0 aliphatic carbocycles. The summed E-state index contributed by atoms with van der Waals surface area (Å²) in [4.78, 5) is 31.5. The van der Waals surface area contributed by atoms with E-state index in [0.717, 1.165) is 5.56 Å². The van der Waals surface area contributed by atoms with Crippen LogP contribution in [0, 0.1) is 10.1 Å². The number of nitro groups is 1. The lowest BCUT2D eigenvalue weighted by Crippen LogP contribution is -2.06. The number of rotatable bonds is 7. The maximum absolute atomic E-state index is 11.1. The summed E-state index contributed by atoms with van der Waals surface area (Å²) in [5.74, 6) is -1.46. The molecule has 1 aromatic rings. The summed E-state index contributed by atoms with van der Waals surface area (Å²) in [6.07, 6.45) is 0.726. The van der Waals surface area contributed by atoms with Crippen molar-refractivity contribution < 1.29 is 19.6 Å².